The van der Waals surface area contributed by atoms with Gasteiger partial charge in [-0.05, 0) is 38.8 Å². The Morgan fingerprint density at radius 1 is 1.35 bits per heavy atom. The molecule has 0 saturated heterocycles. The van der Waals surface area contributed by atoms with Crippen LogP contribution in [0.15, 0.2) is 34.9 Å². The van der Waals surface area contributed by atoms with Crippen LogP contribution in [0, 0.1) is 6.92 Å². The Hall–Kier alpha value is -2.96. The molecule has 26 heavy (non-hydrogen) atoms. The van der Waals surface area contributed by atoms with Crippen LogP contribution in [0.25, 0.3) is 11.4 Å². The summed E-state index contributed by atoms with van der Waals surface area (Å²) in [4.78, 5) is 17.0. The highest BCUT2D eigenvalue weighted by atomic mass is 16.5. The highest BCUT2D eigenvalue weighted by Crippen LogP contribution is 2.39. The van der Waals surface area contributed by atoms with E-state index >= 15 is 0 Å². The van der Waals surface area contributed by atoms with Gasteiger partial charge < -0.3 is 9.84 Å². The molecule has 1 N–H and O–H groups in total. The number of hydrogen-bond acceptors (Lipinski definition) is 5. The summed E-state index contributed by atoms with van der Waals surface area (Å²) in [6.07, 6.45) is 2.30. The van der Waals surface area contributed by atoms with E-state index < -0.39 is 6.04 Å². The van der Waals surface area contributed by atoms with Gasteiger partial charge in [-0.15, -0.1) is 0 Å². The second kappa shape index (κ2) is 6.40. The lowest BCUT2D eigenvalue weighted by Crippen LogP contribution is -2.28. The summed E-state index contributed by atoms with van der Waals surface area (Å²) in [5.74, 6) is 1.20. The normalized spacial score (nSPS) is 15.0. The molecule has 1 aliphatic rings. The zero-order valence-corrected chi connectivity index (χ0v) is 15.1. The molecule has 3 aromatic rings. The molecule has 4 rings (SSSR count). The van der Waals surface area contributed by atoms with Gasteiger partial charge in [0.15, 0.2) is 0 Å². The van der Waals surface area contributed by atoms with E-state index in [1.54, 1.807) is 11.7 Å². The number of amides is 1. The van der Waals surface area contributed by atoms with Crippen molar-refractivity contribution in [2.24, 2.45) is 7.05 Å². The van der Waals surface area contributed by atoms with Gasteiger partial charge in [-0.2, -0.15) is 10.1 Å². The van der Waals surface area contributed by atoms with Gasteiger partial charge in [-0.3, -0.25) is 9.48 Å². The predicted octanol–water partition coefficient (Wildman–Crippen LogP) is 3.15. The number of rotatable bonds is 5. The first-order valence-corrected chi connectivity index (χ1v) is 8.76. The Morgan fingerprint density at radius 3 is 2.88 bits per heavy atom. The predicted molar refractivity (Wildman–Crippen MR) is 95.5 cm³/mol. The molecular formula is C19H21N5O2. The van der Waals surface area contributed by atoms with Crippen LogP contribution >= 0.6 is 0 Å². The second-order valence-corrected chi connectivity index (χ2v) is 6.87. The first kappa shape index (κ1) is 16.5. The fourth-order valence-electron chi connectivity index (χ4n) is 2.93. The molecule has 1 aromatic carbocycles. The molecule has 0 aliphatic heterocycles. The van der Waals surface area contributed by atoms with Crippen molar-refractivity contribution in [3.05, 3.63) is 53.2 Å². The summed E-state index contributed by atoms with van der Waals surface area (Å²) >= 11 is 0. The van der Waals surface area contributed by atoms with Gasteiger partial charge >= 0.3 is 0 Å². The molecule has 1 saturated carbocycles. The Morgan fingerprint density at radius 2 is 2.15 bits per heavy atom. The highest BCUT2D eigenvalue weighted by molar-refractivity contribution is 5.92. The fraction of sp³-hybridized carbons (Fsp3) is 0.368. The zero-order valence-electron chi connectivity index (χ0n) is 15.1. The van der Waals surface area contributed by atoms with Crippen LogP contribution in [-0.4, -0.2) is 25.8 Å². The lowest BCUT2D eigenvalue weighted by atomic mass is 10.1. The second-order valence-electron chi connectivity index (χ2n) is 6.87. The third-order valence-electron chi connectivity index (χ3n) is 4.56. The van der Waals surface area contributed by atoms with Crippen LogP contribution in [0.4, 0.5) is 0 Å². The largest absolute Gasteiger partial charge is 0.339 e. The molecular weight excluding hydrogens is 330 g/mol. The van der Waals surface area contributed by atoms with E-state index in [0.717, 1.165) is 29.7 Å². The Balaban J connectivity index is 1.48. The van der Waals surface area contributed by atoms with E-state index in [4.69, 9.17) is 4.52 Å². The molecule has 0 radical (unpaired) electrons. The Labute approximate surface area is 151 Å². The molecule has 0 spiro atoms. The molecule has 7 nitrogen and oxygen atoms in total. The van der Waals surface area contributed by atoms with E-state index in [2.05, 4.69) is 20.6 Å². The van der Waals surface area contributed by atoms with Gasteiger partial charge in [0.25, 0.3) is 5.91 Å². The van der Waals surface area contributed by atoms with Gasteiger partial charge in [-0.1, -0.05) is 28.9 Å². The quantitative estimate of drug-likeness (QED) is 0.763. The number of nitrogens with one attached hydrogen (secondary N) is 1. The maximum atomic E-state index is 12.6. The summed E-state index contributed by atoms with van der Waals surface area (Å²) in [5, 5.41) is 11.4. The summed E-state index contributed by atoms with van der Waals surface area (Å²) in [6, 6.07) is 9.36. The number of hydrogen-bond donors (Lipinski definition) is 1. The van der Waals surface area contributed by atoms with Crippen LogP contribution in [0.1, 0.15) is 59.4 Å². The topological polar surface area (TPSA) is 85.8 Å². The van der Waals surface area contributed by atoms with Crippen LogP contribution in [0.5, 0.6) is 0 Å². The summed E-state index contributed by atoms with van der Waals surface area (Å²) in [5.41, 5.74) is 3.54. The molecule has 2 aromatic heterocycles. The molecule has 134 valence electrons. The molecule has 2 heterocycles. The monoisotopic (exact) mass is 351 g/mol. The molecule has 0 bridgehead atoms. The van der Waals surface area contributed by atoms with E-state index in [9.17, 15) is 4.79 Å². The van der Waals surface area contributed by atoms with E-state index in [1.807, 2.05) is 44.2 Å². The van der Waals surface area contributed by atoms with Crippen LogP contribution in [-0.2, 0) is 7.05 Å². The average Bonchev–Trinajstić information content (AvgIpc) is 3.20. The van der Waals surface area contributed by atoms with Crippen molar-refractivity contribution >= 4 is 5.91 Å². The third kappa shape index (κ3) is 3.24. The Bertz CT molecular complexity index is 955. The number of aryl methyl sites for hydroxylation is 2. The molecule has 1 atom stereocenters. The first-order valence-electron chi connectivity index (χ1n) is 8.76. The van der Waals surface area contributed by atoms with Crippen molar-refractivity contribution in [2.75, 3.05) is 0 Å². The van der Waals surface area contributed by atoms with Crippen molar-refractivity contribution in [1.29, 1.82) is 0 Å². The summed E-state index contributed by atoms with van der Waals surface area (Å²) in [6.45, 7) is 3.83. The minimum Gasteiger partial charge on any atom is -0.339 e. The number of aromatic nitrogens is 4. The summed E-state index contributed by atoms with van der Waals surface area (Å²) in [7, 11) is 1.79. The van der Waals surface area contributed by atoms with Crippen molar-refractivity contribution in [3.63, 3.8) is 0 Å². The molecule has 7 heteroatoms. The van der Waals surface area contributed by atoms with Crippen molar-refractivity contribution in [2.45, 2.75) is 38.6 Å². The minimum atomic E-state index is -0.396. The molecule has 1 unspecified atom stereocenters. The minimum absolute atomic E-state index is 0.199. The van der Waals surface area contributed by atoms with E-state index in [0.29, 0.717) is 23.3 Å². The maximum Gasteiger partial charge on any atom is 0.270 e. The van der Waals surface area contributed by atoms with Gasteiger partial charge in [0, 0.05) is 18.5 Å². The molecule has 1 aliphatic carbocycles. The zero-order chi connectivity index (χ0) is 18.3. The number of nitrogens with zero attached hydrogens (tertiary/aromatic N) is 4. The third-order valence-corrected chi connectivity index (χ3v) is 4.56. The van der Waals surface area contributed by atoms with Gasteiger partial charge in [0.1, 0.15) is 11.7 Å². The summed E-state index contributed by atoms with van der Waals surface area (Å²) < 4.78 is 6.97. The molecule has 1 fully saturated rings. The number of carbonyl (C=O) groups excluding carboxylic acids is 1. The smallest absolute Gasteiger partial charge is 0.270 e. The standard InChI is InChI=1S/C19H21N5O2/c1-11-5-4-6-14(9-11)17-21-19(26-23-17)12(2)20-18(25)16-10-15(13-7-8-13)22-24(16)3/h4-6,9-10,12-13H,7-8H2,1-3H3,(H,20,25). The molecule has 1 amide bonds. The van der Waals surface area contributed by atoms with Crippen molar-refractivity contribution < 1.29 is 9.32 Å². The van der Waals surface area contributed by atoms with Crippen molar-refractivity contribution in [3.8, 4) is 11.4 Å². The average molecular weight is 351 g/mol. The SMILES string of the molecule is Cc1cccc(-c2noc(C(C)NC(=O)c3cc(C4CC4)nn3C)n2)c1. The van der Waals surface area contributed by atoms with Gasteiger partial charge in [0.05, 0.1) is 5.69 Å². The first-order chi connectivity index (χ1) is 12.5. The fourth-order valence-corrected chi connectivity index (χ4v) is 2.93. The van der Waals surface area contributed by atoms with Gasteiger partial charge in [-0.25, -0.2) is 0 Å². The van der Waals surface area contributed by atoms with Gasteiger partial charge in [0.2, 0.25) is 11.7 Å². The van der Waals surface area contributed by atoms with Crippen molar-refractivity contribution in [1.82, 2.24) is 25.2 Å². The number of carbonyl (C=O) groups is 1. The van der Waals surface area contributed by atoms with E-state index in [-0.39, 0.29) is 5.91 Å². The maximum absolute atomic E-state index is 12.6. The van der Waals surface area contributed by atoms with E-state index in [1.165, 1.54) is 0 Å². The van der Waals surface area contributed by atoms with Crippen LogP contribution < -0.4 is 5.32 Å². The Kier molecular flexibility index (Phi) is 4.06. The highest BCUT2D eigenvalue weighted by Gasteiger charge is 2.28. The number of benzene rings is 1. The van der Waals surface area contributed by atoms with Crippen LogP contribution in [0.3, 0.4) is 0 Å². The lowest BCUT2D eigenvalue weighted by molar-refractivity contribution is 0.0923. The van der Waals surface area contributed by atoms with Crippen LogP contribution in [0.2, 0.25) is 0 Å². The lowest BCUT2D eigenvalue weighted by Gasteiger charge is -2.09.